The van der Waals surface area contributed by atoms with Crippen LogP contribution >= 0.6 is 11.6 Å². The van der Waals surface area contributed by atoms with Crippen molar-refractivity contribution in [2.75, 3.05) is 0 Å². The molecule has 0 saturated heterocycles. The number of rotatable bonds is 4. The molecule has 6 heteroatoms. The van der Waals surface area contributed by atoms with Crippen molar-refractivity contribution in [1.29, 1.82) is 0 Å². The lowest BCUT2D eigenvalue weighted by atomic mass is 10.0. The third kappa shape index (κ3) is 10.4. The van der Waals surface area contributed by atoms with E-state index < -0.39 is 5.97 Å². The third-order valence-corrected chi connectivity index (χ3v) is 3.56. The Kier molecular flexibility index (Phi) is 12.4. The summed E-state index contributed by atoms with van der Waals surface area (Å²) in [4.78, 5) is 9.00. The predicted molar refractivity (Wildman–Crippen MR) is 105 cm³/mol. The molecule has 0 spiro atoms. The Morgan fingerprint density at radius 3 is 2.15 bits per heavy atom. The maximum absolute atomic E-state index is 9.52. The van der Waals surface area contributed by atoms with Crippen LogP contribution in [-0.4, -0.2) is 26.6 Å². The highest BCUT2D eigenvalue weighted by Gasteiger charge is 2.02. The number of hydrogen-bond acceptors (Lipinski definition) is 4. The molecule has 0 aliphatic heterocycles. The van der Waals surface area contributed by atoms with Gasteiger partial charge in [-0.05, 0) is 37.0 Å². The minimum absolute atomic E-state index is 0.112. The van der Waals surface area contributed by atoms with Gasteiger partial charge in [-0.3, -0.25) is 4.79 Å². The number of aromatic hydroxyl groups is 1. The van der Waals surface area contributed by atoms with Gasteiger partial charge in [0.2, 0.25) is 0 Å². The van der Waals surface area contributed by atoms with Crippen LogP contribution in [0.2, 0.25) is 0 Å². The molecule has 0 fully saturated rings. The number of aryl methyl sites for hydroxylation is 1. The zero-order valence-electron chi connectivity index (χ0n) is 15.3. The fraction of sp³-hybridized carbons (Fsp3) is 0.300. The van der Waals surface area contributed by atoms with Crippen LogP contribution in [-0.2, 0) is 11.2 Å². The average molecular weight is 380 g/mol. The van der Waals surface area contributed by atoms with Crippen LogP contribution < -0.4 is 0 Å². The minimum Gasteiger partial charge on any atom is -0.508 e. The second kappa shape index (κ2) is 13.7. The lowest BCUT2D eigenvalue weighted by Crippen LogP contribution is -1.89. The Morgan fingerprint density at radius 2 is 1.69 bits per heavy atom. The van der Waals surface area contributed by atoms with Crippen molar-refractivity contribution < 1.29 is 20.2 Å². The van der Waals surface area contributed by atoms with Crippen molar-refractivity contribution in [2.45, 2.75) is 40.0 Å². The number of oxime groups is 1. The molecule has 142 valence electrons. The quantitative estimate of drug-likeness (QED) is 0.387. The van der Waals surface area contributed by atoms with Crippen LogP contribution in [0.15, 0.2) is 53.7 Å². The molecule has 0 saturated carbocycles. The Balaban J connectivity index is 0.000000405. The normalized spacial score (nSPS) is 10.1. The third-order valence-electron chi connectivity index (χ3n) is 3.27. The fourth-order valence-electron chi connectivity index (χ4n) is 2.00. The van der Waals surface area contributed by atoms with Crippen molar-refractivity contribution in [3.63, 3.8) is 0 Å². The first-order valence-electron chi connectivity index (χ1n) is 8.23. The van der Waals surface area contributed by atoms with Gasteiger partial charge in [-0.15, -0.1) is 0 Å². The van der Waals surface area contributed by atoms with E-state index in [1.807, 2.05) is 37.3 Å². The van der Waals surface area contributed by atoms with E-state index in [4.69, 9.17) is 26.7 Å². The standard InChI is InChI=1S/C11H16O.C7H6ClNO.C2H4O2/c1-3-4-7-10-9(2)6-5-8-11(10)12;8-7(9-10)6-4-2-1-3-5-6;1-2(3)4/h5-6,8,12H,3-4,7H2,1-2H3;1-5,10H;1H3,(H,3,4). The molecule has 2 rings (SSSR count). The smallest absolute Gasteiger partial charge is 0.300 e. The number of benzene rings is 2. The molecule has 0 amide bonds. The largest absolute Gasteiger partial charge is 0.508 e. The lowest BCUT2D eigenvalue weighted by molar-refractivity contribution is -0.134. The Morgan fingerprint density at radius 1 is 1.12 bits per heavy atom. The Labute approximate surface area is 159 Å². The molecule has 3 N–H and O–H groups in total. The molecule has 0 heterocycles. The Hall–Kier alpha value is -2.53. The summed E-state index contributed by atoms with van der Waals surface area (Å²) < 4.78 is 0. The van der Waals surface area contributed by atoms with Crippen LogP contribution in [0, 0.1) is 6.92 Å². The molecule has 2 aromatic carbocycles. The van der Waals surface area contributed by atoms with Crippen LogP contribution in [0.4, 0.5) is 0 Å². The van der Waals surface area contributed by atoms with Gasteiger partial charge in [0.25, 0.3) is 5.97 Å². The molecular weight excluding hydrogens is 354 g/mol. The van der Waals surface area contributed by atoms with Gasteiger partial charge >= 0.3 is 0 Å². The summed E-state index contributed by atoms with van der Waals surface area (Å²) in [6, 6.07) is 14.7. The van der Waals surface area contributed by atoms with Gasteiger partial charge in [-0.25, -0.2) is 0 Å². The molecule has 0 aliphatic rings. The highest BCUT2D eigenvalue weighted by atomic mass is 35.5. The van der Waals surface area contributed by atoms with Gasteiger partial charge in [0.1, 0.15) is 5.75 Å². The van der Waals surface area contributed by atoms with E-state index >= 15 is 0 Å². The highest BCUT2D eigenvalue weighted by molar-refractivity contribution is 6.69. The van der Waals surface area contributed by atoms with Gasteiger partial charge in [-0.2, -0.15) is 0 Å². The van der Waals surface area contributed by atoms with Gasteiger partial charge in [0.05, 0.1) is 0 Å². The lowest BCUT2D eigenvalue weighted by Gasteiger charge is -2.06. The molecule has 0 aromatic heterocycles. The van der Waals surface area contributed by atoms with Gasteiger partial charge < -0.3 is 15.4 Å². The van der Waals surface area contributed by atoms with Crippen molar-refractivity contribution in [1.82, 2.24) is 0 Å². The number of nitrogens with zero attached hydrogens (tertiary/aromatic N) is 1. The summed E-state index contributed by atoms with van der Waals surface area (Å²) in [5, 5.41) is 28.1. The Bertz CT molecular complexity index is 663. The van der Waals surface area contributed by atoms with Gasteiger partial charge in [0.15, 0.2) is 5.17 Å². The van der Waals surface area contributed by atoms with E-state index in [9.17, 15) is 5.11 Å². The summed E-state index contributed by atoms with van der Waals surface area (Å²) in [6.45, 7) is 5.29. The van der Waals surface area contributed by atoms with E-state index in [1.54, 1.807) is 18.2 Å². The molecule has 2 aromatic rings. The first-order valence-corrected chi connectivity index (χ1v) is 8.61. The second-order valence-corrected chi connectivity index (χ2v) is 5.81. The molecule has 26 heavy (non-hydrogen) atoms. The topological polar surface area (TPSA) is 90.1 Å². The van der Waals surface area contributed by atoms with E-state index in [2.05, 4.69) is 12.1 Å². The van der Waals surface area contributed by atoms with E-state index in [0.29, 0.717) is 11.3 Å². The number of unbranched alkanes of at least 4 members (excludes halogenated alkanes) is 1. The molecular formula is C20H26ClNO4. The maximum atomic E-state index is 9.52. The molecule has 0 aliphatic carbocycles. The minimum atomic E-state index is -0.833. The molecule has 0 unspecified atom stereocenters. The summed E-state index contributed by atoms with van der Waals surface area (Å²) in [6.07, 6.45) is 3.32. The van der Waals surface area contributed by atoms with Crippen molar-refractivity contribution in [3.8, 4) is 5.75 Å². The number of carboxylic acids is 1. The van der Waals surface area contributed by atoms with Crippen molar-refractivity contribution in [2.24, 2.45) is 5.16 Å². The molecule has 0 bridgehead atoms. The fourth-order valence-corrected chi connectivity index (χ4v) is 2.12. The first-order chi connectivity index (χ1) is 12.3. The number of hydrogen-bond donors (Lipinski definition) is 3. The van der Waals surface area contributed by atoms with Crippen LogP contribution in [0.1, 0.15) is 43.4 Å². The summed E-state index contributed by atoms with van der Waals surface area (Å²) in [5.74, 6) is -0.386. The van der Waals surface area contributed by atoms with E-state index in [-0.39, 0.29) is 5.17 Å². The van der Waals surface area contributed by atoms with Crippen LogP contribution in [0.3, 0.4) is 0 Å². The number of carboxylic acid groups (broad SMARTS) is 1. The van der Waals surface area contributed by atoms with Gasteiger partial charge in [-0.1, -0.05) is 72.6 Å². The second-order valence-electron chi connectivity index (χ2n) is 5.45. The monoisotopic (exact) mass is 379 g/mol. The first kappa shape index (κ1) is 23.5. The average Bonchev–Trinajstić information content (AvgIpc) is 2.61. The zero-order valence-corrected chi connectivity index (χ0v) is 16.1. The van der Waals surface area contributed by atoms with Crippen LogP contribution in [0.5, 0.6) is 5.75 Å². The molecule has 0 radical (unpaired) electrons. The summed E-state index contributed by atoms with van der Waals surface area (Å²) in [7, 11) is 0. The van der Waals surface area contributed by atoms with Gasteiger partial charge in [0, 0.05) is 12.5 Å². The predicted octanol–water partition coefficient (Wildman–Crippen LogP) is 5.20. The van der Waals surface area contributed by atoms with E-state index in [1.165, 1.54) is 12.0 Å². The number of carbonyl (C=O) groups is 1. The number of halogens is 1. The highest BCUT2D eigenvalue weighted by Crippen LogP contribution is 2.22. The summed E-state index contributed by atoms with van der Waals surface area (Å²) >= 11 is 5.49. The molecule has 0 atom stereocenters. The summed E-state index contributed by atoms with van der Waals surface area (Å²) in [5.41, 5.74) is 3.02. The SMILES string of the molecule is CC(=O)O.CCCCc1c(C)cccc1O.ON=C(Cl)c1ccccc1. The van der Waals surface area contributed by atoms with Crippen LogP contribution in [0.25, 0.3) is 0 Å². The van der Waals surface area contributed by atoms with Crippen molar-refractivity contribution in [3.05, 3.63) is 65.2 Å². The molecule has 5 nitrogen and oxygen atoms in total. The van der Waals surface area contributed by atoms with Crippen molar-refractivity contribution >= 4 is 22.7 Å². The number of phenolic OH excluding ortho intramolecular Hbond substituents is 1. The zero-order chi connectivity index (χ0) is 19.9. The van der Waals surface area contributed by atoms with E-state index in [0.717, 1.165) is 25.3 Å². The number of phenols is 1. The number of aliphatic carboxylic acids is 1. The maximum Gasteiger partial charge on any atom is 0.300 e.